The highest BCUT2D eigenvalue weighted by atomic mass is 79.9. The Kier molecular flexibility index (Phi) is 4.59. The lowest BCUT2D eigenvalue weighted by molar-refractivity contribution is 1.02. The lowest BCUT2D eigenvalue weighted by Gasteiger charge is -2.06. The summed E-state index contributed by atoms with van der Waals surface area (Å²) in [5, 5.41) is 3.33. The molecule has 2 aromatic rings. The van der Waals surface area contributed by atoms with Crippen LogP contribution in [0, 0.1) is 6.92 Å². The highest BCUT2D eigenvalue weighted by molar-refractivity contribution is 9.11. The van der Waals surface area contributed by atoms with Crippen molar-refractivity contribution in [2.75, 3.05) is 11.9 Å². The van der Waals surface area contributed by atoms with Crippen molar-refractivity contribution in [1.29, 1.82) is 0 Å². The van der Waals surface area contributed by atoms with Crippen LogP contribution in [0.3, 0.4) is 0 Å². The van der Waals surface area contributed by atoms with E-state index in [2.05, 4.69) is 67.3 Å². The first-order valence-corrected chi connectivity index (χ1v) is 7.65. The molecule has 2 heterocycles. The molecule has 0 bridgehead atoms. The normalized spacial score (nSPS) is 10.5. The minimum absolute atomic E-state index is 0.904. The van der Waals surface area contributed by atoms with E-state index in [1.807, 2.05) is 6.20 Å². The predicted octanol–water partition coefficient (Wildman–Crippen LogP) is 4.63. The minimum Gasteiger partial charge on any atom is -0.370 e. The number of nitrogens with zero attached hydrogens (tertiary/aromatic N) is 1. The molecule has 17 heavy (non-hydrogen) atoms. The Hall–Kier alpha value is -0.390. The molecule has 0 atom stereocenters. The summed E-state index contributed by atoms with van der Waals surface area (Å²) in [7, 11) is 0. The smallest absolute Gasteiger partial charge is 0.126 e. The Morgan fingerprint density at radius 2 is 2.18 bits per heavy atom. The summed E-state index contributed by atoms with van der Waals surface area (Å²) in [6.07, 6.45) is 2.85. The minimum atomic E-state index is 0.904. The van der Waals surface area contributed by atoms with Gasteiger partial charge in [-0.1, -0.05) is 0 Å². The van der Waals surface area contributed by atoms with Crippen LogP contribution in [-0.4, -0.2) is 11.5 Å². The van der Waals surface area contributed by atoms with Gasteiger partial charge >= 0.3 is 0 Å². The van der Waals surface area contributed by atoms with Crippen molar-refractivity contribution in [3.8, 4) is 0 Å². The van der Waals surface area contributed by atoms with E-state index in [9.17, 15) is 0 Å². The second-order valence-electron chi connectivity index (χ2n) is 3.70. The first-order valence-electron chi connectivity index (χ1n) is 5.25. The summed E-state index contributed by atoms with van der Waals surface area (Å²) in [5.74, 6) is 0.932. The summed E-state index contributed by atoms with van der Waals surface area (Å²) < 4.78 is 2.23. The van der Waals surface area contributed by atoms with Crippen LogP contribution in [-0.2, 0) is 6.42 Å². The van der Waals surface area contributed by atoms with Crippen LogP contribution in [0.15, 0.2) is 32.7 Å². The van der Waals surface area contributed by atoms with Gasteiger partial charge in [0, 0.05) is 22.1 Å². The van der Waals surface area contributed by atoms with E-state index < -0.39 is 0 Å². The van der Waals surface area contributed by atoms with Crippen LogP contribution in [0.25, 0.3) is 0 Å². The van der Waals surface area contributed by atoms with Gasteiger partial charge in [0.2, 0.25) is 0 Å². The number of thiophene rings is 1. The third kappa shape index (κ3) is 3.79. The predicted molar refractivity (Wildman–Crippen MR) is 80.9 cm³/mol. The van der Waals surface area contributed by atoms with E-state index in [-0.39, 0.29) is 0 Å². The van der Waals surface area contributed by atoms with E-state index in [4.69, 9.17) is 0 Å². The lowest BCUT2D eigenvalue weighted by atomic mass is 10.3. The van der Waals surface area contributed by atoms with Crippen LogP contribution in [0.5, 0.6) is 0 Å². The quantitative estimate of drug-likeness (QED) is 0.842. The van der Waals surface area contributed by atoms with Gasteiger partial charge in [0.05, 0.1) is 3.79 Å². The van der Waals surface area contributed by atoms with Gasteiger partial charge in [0.25, 0.3) is 0 Å². The Morgan fingerprint density at radius 1 is 1.35 bits per heavy atom. The van der Waals surface area contributed by atoms with Crippen LogP contribution in [0.4, 0.5) is 5.82 Å². The lowest BCUT2D eigenvalue weighted by Crippen LogP contribution is -2.05. The van der Waals surface area contributed by atoms with E-state index >= 15 is 0 Å². The highest BCUT2D eigenvalue weighted by Crippen LogP contribution is 2.22. The zero-order chi connectivity index (χ0) is 12.3. The fourth-order valence-corrected chi connectivity index (χ4v) is 3.14. The van der Waals surface area contributed by atoms with Gasteiger partial charge in [0.1, 0.15) is 5.82 Å². The van der Waals surface area contributed by atoms with E-state index in [0.717, 1.165) is 23.3 Å². The third-order valence-electron chi connectivity index (χ3n) is 2.35. The number of anilines is 1. The fraction of sp³-hybridized carbons (Fsp3) is 0.250. The molecule has 0 aliphatic carbocycles. The number of aromatic nitrogens is 1. The number of nitrogens with one attached hydrogen (secondary N) is 1. The van der Waals surface area contributed by atoms with Gasteiger partial charge < -0.3 is 5.32 Å². The maximum absolute atomic E-state index is 4.31. The second-order valence-corrected chi connectivity index (χ2v) is 7.10. The van der Waals surface area contributed by atoms with Gasteiger partial charge in [-0.05, 0) is 69.0 Å². The maximum Gasteiger partial charge on any atom is 0.126 e. The van der Waals surface area contributed by atoms with Crippen molar-refractivity contribution in [2.24, 2.45) is 0 Å². The Labute approximate surface area is 122 Å². The summed E-state index contributed by atoms with van der Waals surface area (Å²) in [5.41, 5.74) is 1.20. The number of rotatable bonds is 4. The van der Waals surface area contributed by atoms with Crippen LogP contribution in [0.2, 0.25) is 0 Å². The molecule has 0 saturated heterocycles. The number of pyridine rings is 1. The van der Waals surface area contributed by atoms with E-state index in [0.29, 0.717) is 0 Å². The number of aryl methyl sites for hydroxylation is 1. The van der Waals surface area contributed by atoms with Gasteiger partial charge in [-0.25, -0.2) is 4.98 Å². The number of halogens is 2. The molecule has 2 rings (SSSR count). The third-order valence-corrected chi connectivity index (χ3v) is 4.87. The molecule has 0 radical (unpaired) electrons. The first kappa shape index (κ1) is 13.1. The summed E-state index contributed by atoms with van der Waals surface area (Å²) in [6, 6.07) is 6.28. The van der Waals surface area contributed by atoms with E-state index in [1.165, 1.54) is 14.2 Å². The molecular formula is C12H12Br2N2S. The Morgan fingerprint density at radius 3 is 2.82 bits per heavy atom. The standard InChI is InChI=1S/C12H12Br2N2S/c1-8-6-12(16-7-10(8)13)15-5-4-9-2-3-11(14)17-9/h2-3,6-7H,4-5H2,1H3,(H,15,16). The molecule has 2 aromatic heterocycles. The number of hydrogen-bond acceptors (Lipinski definition) is 3. The molecule has 0 unspecified atom stereocenters. The zero-order valence-electron chi connectivity index (χ0n) is 9.34. The van der Waals surface area contributed by atoms with Gasteiger partial charge in [-0.15, -0.1) is 11.3 Å². The van der Waals surface area contributed by atoms with Crippen molar-refractivity contribution >= 4 is 49.0 Å². The monoisotopic (exact) mass is 374 g/mol. The first-order chi connectivity index (χ1) is 8.15. The van der Waals surface area contributed by atoms with Crippen molar-refractivity contribution < 1.29 is 0 Å². The van der Waals surface area contributed by atoms with Gasteiger partial charge in [-0.2, -0.15) is 0 Å². The molecule has 5 heteroatoms. The van der Waals surface area contributed by atoms with Crippen molar-refractivity contribution in [3.63, 3.8) is 0 Å². The van der Waals surface area contributed by atoms with Crippen LogP contribution >= 0.6 is 43.2 Å². The molecule has 0 spiro atoms. The fourth-order valence-electron chi connectivity index (χ4n) is 1.44. The van der Waals surface area contributed by atoms with Crippen molar-refractivity contribution in [1.82, 2.24) is 4.98 Å². The largest absolute Gasteiger partial charge is 0.370 e. The zero-order valence-corrected chi connectivity index (χ0v) is 13.3. The molecule has 0 aliphatic rings. The SMILES string of the molecule is Cc1cc(NCCc2ccc(Br)s2)ncc1Br. The van der Waals surface area contributed by atoms with Crippen LogP contribution < -0.4 is 5.32 Å². The average molecular weight is 376 g/mol. The molecule has 0 amide bonds. The van der Waals surface area contributed by atoms with E-state index in [1.54, 1.807) is 11.3 Å². The summed E-state index contributed by atoms with van der Waals surface area (Å²) in [4.78, 5) is 5.68. The highest BCUT2D eigenvalue weighted by Gasteiger charge is 2.00. The molecular weight excluding hydrogens is 364 g/mol. The molecule has 0 aliphatic heterocycles. The number of hydrogen-bond donors (Lipinski definition) is 1. The van der Waals surface area contributed by atoms with Gasteiger partial charge in [0.15, 0.2) is 0 Å². The second kappa shape index (κ2) is 5.98. The molecule has 0 fully saturated rings. The summed E-state index contributed by atoms with van der Waals surface area (Å²) in [6.45, 7) is 2.97. The Bertz CT molecular complexity index is 511. The Balaban J connectivity index is 1.87. The molecule has 90 valence electrons. The van der Waals surface area contributed by atoms with Crippen molar-refractivity contribution in [3.05, 3.63) is 43.1 Å². The topological polar surface area (TPSA) is 24.9 Å². The summed E-state index contributed by atoms with van der Waals surface area (Å²) >= 11 is 8.69. The molecule has 1 N–H and O–H groups in total. The average Bonchev–Trinajstić information content (AvgIpc) is 2.70. The van der Waals surface area contributed by atoms with Crippen molar-refractivity contribution in [2.45, 2.75) is 13.3 Å². The molecule has 2 nitrogen and oxygen atoms in total. The van der Waals surface area contributed by atoms with Gasteiger partial charge in [-0.3, -0.25) is 0 Å². The maximum atomic E-state index is 4.31. The molecule has 0 aromatic carbocycles. The molecule has 0 saturated carbocycles. The van der Waals surface area contributed by atoms with Crippen LogP contribution in [0.1, 0.15) is 10.4 Å².